The van der Waals surface area contributed by atoms with Gasteiger partial charge in [0.1, 0.15) is 5.58 Å². The third-order valence-corrected chi connectivity index (χ3v) is 5.04. The highest BCUT2D eigenvalue weighted by atomic mass is 35.5. The molecule has 2 aromatic carbocycles. The van der Waals surface area contributed by atoms with E-state index in [1.54, 1.807) is 19.4 Å². The van der Waals surface area contributed by atoms with E-state index in [4.69, 9.17) is 25.5 Å². The van der Waals surface area contributed by atoms with Gasteiger partial charge in [-0.15, -0.1) is 0 Å². The minimum absolute atomic E-state index is 0.0927. The molecule has 0 saturated carbocycles. The van der Waals surface area contributed by atoms with Crippen LogP contribution in [0.3, 0.4) is 0 Å². The molecule has 0 spiro atoms. The summed E-state index contributed by atoms with van der Waals surface area (Å²) < 4.78 is 16.5. The van der Waals surface area contributed by atoms with Gasteiger partial charge in [0.15, 0.2) is 11.5 Å². The van der Waals surface area contributed by atoms with Crippen molar-refractivity contribution in [3.63, 3.8) is 0 Å². The second-order valence-electron chi connectivity index (χ2n) is 6.64. The number of carbonyl (C=O) groups is 1. The van der Waals surface area contributed by atoms with Crippen molar-refractivity contribution < 1.29 is 18.7 Å². The monoisotopic (exact) mass is 401 g/mol. The van der Waals surface area contributed by atoms with Crippen LogP contribution in [0.1, 0.15) is 29.2 Å². The zero-order valence-electron chi connectivity index (χ0n) is 16.5. The van der Waals surface area contributed by atoms with E-state index < -0.39 is 0 Å². The zero-order valence-corrected chi connectivity index (χ0v) is 17.3. The van der Waals surface area contributed by atoms with Crippen LogP contribution >= 0.6 is 11.6 Å². The average Bonchev–Trinajstić information content (AvgIpc) is 3.08. The molecule has 0 aliphatic rings. The molecule has 5 nitrogen and oxygen atoms in total. The van der Waals surface area contributed by atoms with Crippen LogP contribution in [0.15, 0.2) is 34.9 Å². The molecule has 3 aromatic rings. The summed E-state index contributed by atoms with van der Waals surface area (Å²) in [4.78, 5) is 12.4. The third kappa shape index (κ3) is 4.09. The Bertz CT molecular complexity index is 1010. The van der Waals surface area contributed by atoms with Crippen molar-refractivity contribution in [3.05, 3.63) is 57.8 Å². The molecule has 1 N–H and O–H groups in total. The van der Waals surface area contributed by atoms with E-state index in [1.807, 2.05) is 39.0 Å². The van der Waals surface area contributed by atoms with E-state index in [0.717, 1.165) is 27.7 Å². The maximum Gasteiger partial charge on any atom is 0.224 e. The van der Waals surface area contributed by atoms with Crippen molar-refractivity contribution in [2.45, 2.75) is 33.7 Å². The largest absolute Gasteiger partial charge is 0.493 e. The van der Waals surface area contributed by atoms with Crippen molar-refractivity contribution in [2.24, 2.45) is 0 Å². The van der Waals surface area contributed by atoms with Crippen LogP contribution in [0.5, 0.6) is 11.5 Å². The number of nitrogens with one attached hydrogen (secondary N) is 1. The number of carbonyl (C=O) groups excluding carboxylic acids is 1. The number of ether oxygens (including phenoxy) is 2. The maximum atomic E-state index is 12.4. The Morgan fingerprint density at radius 2 is 2.04 bits per heavy atom. The van der Waals surface area contributed by atoms with Gasteiger partial charge < -0.3 is 19.2 Å². The summed E-state index contributed by atoms with van der Waals surface area (Å²) in [6.07, 6.45) is 1.91. The summed E-state index contributed by atoms with van der Waals surface area (Å²) >= 11 is 6.29. The number of hydrogen-bond donors (Lipinski definition) is 1. The van der Waals surface area contributed by atoms with E-state index in [-0.39, 0.29) is 12.3 Å². The number of rotatable bonds is 7. The van der Waals surface area contributed by atoms with Gasteiger partial charge in [0.25, 0.3) is 0 Å². The van der Waals surface area contributed by atoms with Crippen molar-refractivity contribution in [2.75, 3.05) is 13.7 Å². The van der Waals surface area contributed by atoms with Gasteiger partial charge in [0, 0.05) is 17.5 Å². The van der Waals surface area contributed by atoms with Gasteiger partial charge in [0.2, 0.25) is 5.91 Å². The molecule has 1 amide bonds. The maximum absolute atomic E-state index is 12.4. The van der Waals surface area contributed by atoms with Crippen molar-refractivity contribution in [1.29, 1.82) is 0 Å². The predicted octanol–water partition coefficient (Wildman–Crippen LogP) is 4.97. The van der Waals surface area contributed by atoms with E-state index in [9.17, 15) is 4.79 Å². The number of fused-ring (bicyclic) bond motifs is 1. The van der Waals surface area contributed by atoms with Crippen LogP contribution in [0, 0.1) is 13.8 Å². The smallest absolute Gasteiger partial charge is 0.224 e. The first-order valence-corrected chi connectivity index (χ1v) is 9.54. The minimum atomic E-state index is -0.0927. The van der Waals surface area contributed by atoms with Gasteiger partial charge in [0.05, 0.1) is 31.4 Å². The van der Waals surface area contributed by atoms with E-state index >= 15 is 0 Å². The Kier molecular flexibility index (Phi) is 6.15. The normalized spacial score (nSPS) is 10.9. The standard InChI is InChI=1S/C22H24ClNO4/c1-5-27-22-18(23)8-15(9-19(22)26-4)11-24-20(25)10-16-12-28-21-14(3)13(2)6-7-17(16)21/h6-9,12H,5,10-11H2,1-4H3,(H,24,25). The fourth-order valence-electron chi connectivity index (χ4n) is 3.12. The second kappa shape index (κ2) is 8.57. The Balaban J connectivity index is 1.70. The lowest BCUT2D eigenvalue weighted by Gasteiger charge is -2.13. The molecule has 0 unspecified atom stereocenters. The minimum Gasteiger partial charge on any atom is -0.493 e. The van der Waals surface area contributed by atoms with Crippen molar-refractivity contribution >= 4 is 28.5 Å². The molecule has 0 radical (unpaired) electrons. The van der Waals surface area contributed by atoms with E-state index in [2.05, 4.69) is 5.32 Å². The highest BCUT2D eigenvalue weighted by molar-refractivity contribution is 6.32. The van der Waals surface area contributed by atoms with E-state index in [1.165, 1.54) is 5.56 Å². The van der Waals surface area contributed by atoms with Gasteiger partial charge >= 0.3 is 0 Å². The summed E-state index contributed by atoms with van der Waals surface area (Å²) in [5.74, 6) is 0.965. The number of benzene rings is 2. The lowest BCUT2D eigenvalue weighted by atomic mass is 10.0. The molecule has 6 heteroatoms. The molecule has 0 aliphatic heterocycles. The van der Waals surface area contributed by atoms with Crippen LogP contribution in [-0.4, -0.2) is 19.6 Å². The summed E-state index contributed by atoms with van der Waals surface area (Å²) in [5.41, 5.74) is 4.81. The third-order valence-electron chi connectivity index (χ3n) is 4.76. The Morgan fingerprint density at radius 1 is 1.25 bits per heavy atom. The van der Waals surface area contributed by atoms with E-state index in [0.29, 0.717) is 29.7 Å². The Hall–Kier alpha value is -2.66. The lowest BCUT2D eigenvalue weighted by Crippen LogP contribution is -2.24. The Morgan fingerprint density at radius 3 is 2.75 bits per heavy atom. The van der Waals surface area contributed by atoms with Gasteiger partial charge in [-0.25, -0.2) is 0 Å². The van der Waals surface area contributed by atoms with Crippen molar-refractivity contribution in [1.82, 2.24) is 5.32 Å². The molecule has 0 bridgehead atoms. The van der Waals surface area contributed by atoms with Crippen LogP contribution in [0.2, 0.25) is 5.02 Å². The van der Waals surface area contributed by atoms with Gasteiger partial charge in [-0.1, -0.05) is 23.7 Å². The molecular formula is C22H24ClNO4. The number of halogens is 1. The predicted molar refractivity (Wildman–Crippen MR) is 110 cm³/mol. The molecule has 28 heavy (non-hydrogen) atoms. The number of furan rings is 1. The summed E-state index contributed by atoms with van der Waals surface area (Å²) in [7, 11) is 1.56. The van der Waals surface area contributed by atoms with Gasteiger partial charge in [-0.3, -0.25) is 4.79 Å². The number of methoxy groups -OCH3 is 1. The molecule has 0 fully saturated rings. The molecule has 0 atom stereocenters. The van der Waals surface area contributed by atoms with Crippen LogP contribution in [-0.2, 0) is 17.8 Å². The fraction of sp³-hybridized carbons (Fsp3) is 0.318. The topological polar surface area (TPSA) is 60.7 Å². The number of amides is 1. The van der Waals surface area contributed by atoms with Gasteiger partial charge in [-0.05, 0) is 49.6 Å². The molecule has 148 valence electrons. The van der Waals surface area contributed by atoms with Crippen LogP contribution in [0.4, 0.5) is 0 Å². The molecule has 0 saturated heterocycles. The molecule has 0 aliphatic carbocycles. The average molecular weight is 402 g/mol. The quantitative estimate of drug-likeness (QED) is 0.607. The highest BCUT2D eigenvalue weighted by Crippen LogP contribution is 2.36. The van der Waals surface area contributed by atoms with Crippen molar-refractivity contribution in [3.8, 4) is 11.5 Å². The second-order valence-corrected chi connectivity index (χ2v) is 7.05. The number of aryl methyl sites for hydroxylation is 2. The first kappa shape index (κ1) is 20.1. The van der Waals surface area contributed by atoms with Crippen LogP contribution < -0.4 is 14.8 Å². The Labute approximate surface area is 169 Å². The molecule has 1 aromatic heterocycles. The first-order chi connectivity index (χ1) is 13.4. The first-order valence-electron chi connectivity index (χ1n) is 9.16. The molecule has 1 heterocycles. The summed E-state index contributed by atoms with van der Waals surface area (Å²) in [6.45, 7) is 6.78. The number of hydrogen-bond acceptors (Lipinski definition) is 4. The summed E-state index contributed by atoms with van der Waals surface area (Å²) in [6, 6.07) is 7.63. The van der Waals surface area contributed by atoms with Gasteiger partial charge in [-0.2, -0.15) is 0 Å². The fourth-order valence-corrected chi connectivity index (χ4v) is 3.41. The SMILES string of the molecule is CCOc1c(Cl)cc(CNC(=O)Cc2coc3c(C)c(C)ccc23)cc1OC. The summed E-state index contributed by atoms with van der Waals surface area (Å²) in [5, 5.41) is 4.35. The lowest BCUT2D eigenvalue weighted by molar-refractivity contribution is -0.120. The molecule has 3 rings (SSSR count). The highest BCUT2D eigenvalue weighted by Gasteiger charge is 2.14. The molecular weight excluding hydrogens is 378 g/mol. The zero-order chi connectivity index (χ0) is 20.3. The van der Waals surface area contributed by atoms with Crippen LogP contribution in [0.25, 0.3) is 11.0 Å².